The van der Waals surface area contributed by atoms with E-state index in [0.29, 0.717) is 9.50 Å². The Morgan fingerprint density at radius 2 is 1.88 bits per heavy atom. The van der Waals surface area contributed by atoms with E-state index < -0.39 is 18.3 Å². The lowest BCUT2D eigenvalue weighted by atomic mass is 10.0. The van der Waals surface area contributed by atoms with Gasteiger partial charge in [-0.2, -0.15) is 13.2 Å². The Labute approximate surface area is 115 Å². The third-order valence-corrected chi connectivity index (χ3v) is 3.22. The van der Waals surface area contributed by atoms with Crippen LogP contribution in [0.25, 0.3) is 0 Å². The van der Waals surface area contributed by atoms with Crippen molar-refractivity contribution in [1.82, 2.24) is 0 Å². The van der Waals surface area contributed by atoms with E-state index in [2.05, 4.69) is 15.9 Å². The minimum absolute atomic E-state index is 0. The number of aliphatic hydroxyl groups excluding tert-OH is 1. The number of rotatable bonds is 2. The van der Waals surface area contributed by atoms with Crippen LogP contribution in [-0.2, 0) is 0 Å². The van der Waals surface area contributed by atoms with Gasteiger partial charge in [0.05, 0.1) is 11.1 Å². The first-order valence-electron chi connectivity index (χ1n) is 4.19. The monoisotopic (exact) mass is 353 g/mol. The summed E-state index contributed by atoms with van der Waals surface area (Å²) in [7, 11) is 0. The molecule has 1 aromatic rings. The van der Waals surface area contributed by atoms with Crippen molar-refractivity contribution in [1.29, 1.82) is 0 Å². The molecule has 0 radical (unpaired) electrons. The molecule has 2 nitrogen and oxygen atoms in total. The SMILES string of the molecule is Cl.N[C@H](c1ccc(Cl)c(Br)c1)[C@@H](O)C(F)(F)F. The van der Waals surface area contributed by atoms with Gasteiger partial charge >= 0.3 is 6.18 Å². The van der Waals surface area contributed by atoms with Crippen LogP contribution in [0.2, 0.25) is 5.02 Å². The number of benzene rings is 1. The molecule has 0 fully saturated rings. The Morgan fingerprint density at radius 1 is 1.35 bits per heavy atom. The lowest BCUT2D eigenvalue weighted by molar-refractivity contribution is -0.210. The van der Waals surface area contributed by atoms with Crippen LogP contribution < -0.4 is 5.73 Å². The van der Waals surface area contributed by atoms with Crippen molar-refractivity contribution < 1.29 is 18.3 Å². The zero-order valence-electron chi connectivity index (χ0n) is 8.21. The van der Waals surface area contributed by atoms with Crippen LogP contribution in [0.3, 0.4) is 0 Å². The first-order chi connectivity index (χ1) is 7.23. The standard InChI is InChI=1S/C9H8BrClF3NO.ClH/c10-5-3-4(1-2-6(5)11)7(15)8(16)9(12,13)14;/h1-3,7-8,16H,15H2;1H/t7-,8-;/m1./s1. The van der Waals surface area contributed by atoms with Crippen molar-refractivity contribution in [3.05, 3.63) is 33.3 Å². The summed E-state index contributed by atoms with van der Waals surface area (Å²) in [6.07, 6.45) is -7.34. The topological polar surface area (TPSA) is 46.2 Å². The fourth-order valence-corrected chi connectivity index (χ4v) is 1.62. The summed E-state index contributed by atoms with van der Waals surface area (Å²) in [6, 6.07) is 2.56. The number of hydrogen-bond donors (Lipinski definition) is 2. The van der Waals surface area contributed by atoms with E-state index in [1.165, 1.54) is 18.2 Å². The molecule has 1 rings (SSSR count). The molecule has 1 aromatic carbocycles. The molecule has 98 valence electrons. The van der Waals surface area contributed by atoms with E-state index in [-0.39, 0.29) is 18.0 Å². The molecule has 2 atom stereocenters. The van der Waals surface area contributed by atoms with Gasteiger partial charge in [-0.05, 0) is 33.6 Å². The predicted molar refractivity (Wildman–Crippen MR) is 65.4 cm³/mol. The number of alkyl halides is 3. The summed E-state index contributed by atoms with van der Waals surface area (Å²) >= 11 is 8.75. The van der Waals surface area contributed by atoms with Crippen LogP contribution >= 0.6 is 39.9 Å². The molecule has 0 aliphatic carbocycles. The Morgan fingerprint density at radius 3 is 2.29 bits per heavy atom. The molecule has 0 aliphatic heterocycles. The molecule has 0 spiro atoms. The summed E-state index contributed by atoms with van der Waals surface area (Å²) in [5.41, 5.74) is 5.46. The Kier molecular flexibility index (Phi) is 6.24. The van der Waals surface area contributed by atoms with Gasteiger partial charge in [-0.3, -0.25) is 0 Å². The average molecular weight is 355 g/mol. The minimum atomic E-state index is -4.74. The maximum absolute atomic E-state index is 12.2. The molecule has 0 heterocycles. The van der Waals surface area contributed by atoms with Gasteiger partial charge in [-0.1, -0.05) is 17.7 Å². The molecule has 0 aliphatic rings. The van der Waals surface area contributed by atoms with Crippen LogP contribution in [0, 0.1) is 0 Å². The van der Waals surface area contributed by atoms with E-state index in [1.54, 1.807) is 0 Å². The van der Waals surface area contributed by atoms with E-state index >= 15 is 0 Å². The zero-order chi connectivity index (χ0) is 12.5. The molecule has 0 saturated carbocycles. The van der Waals surface area contributed by atoms with Crippen LogP contribution in [0.1, 0.15) is 11.6 Å². The summed E-state index contributed by atoms with van der Waals surface area (Å²) in [5, 5.41) is 9.33. The normalized spacial score (nSPS) is 15.0. The van der Waals surface area contributed by atoms with Crippen molar-refractivity contribution in [2.45, 2.75) is 18.3 Å². The molecule has 0 bridgehead atoms. The molecule has 8 heteroatoms. The zero-order valence-corrected chi connectivity index (χ0v) is 11.4. The summed E-state index contributed by atoms with van der Waals surface area (Å²) in [6.45, 7) is 0. The molecule has 0 unspecified atom stereocenters. The van der Waals surface area contributed by atoms with Gasteiger partial charge in [0.25, 0.3) is 0 Å². The second-order valence-electron chi connectivity index (χ2n) is 3.19. The summed E-state index contributed by atoms with van der Waals surface area (Å²) in [5.74, 6) is 0. The lowest BCUT2D eigenvalue weighted by Gasteiger charge is -2.21. The van der Waals surface area contributed by atoms with E-state index in [0.717, 1.165) is 0 Å². The molecular formula is C9H9BrCl2F3NO. The predicted octanol–water partition coefficient (Wildman–Crippen LogP) is 3.45. The van der Waals surface area contributed by atoms with Crippen LogP contribution in [0.4, 0.5) is 13.2 Å². The summed E-state index contributed by atoms with van der Waals surface area (Å²) in [4.78, 5) is 0. The van der Waals surface area contributed by atoms with Gasteiger partial charge in [0.1, 0.15) is 0 Å². The number of aliphatic hydroxyl groups is 1. The van der Waals surface area contributed by atoms with Gasteiger partial charge in [0.15, 0.2) is 6.10 Å². The Hall–Kier alpha value is -0.0100. The van der Waals surface area contributed by atoms with Gasteiger partial charge < -0.3 is 10.8 Å². The molecule has 0 saturated heterocycles. The van der Waals surface area contributed by atoms with Crippen LogP contribution in [0.15, 0.2) is 22.7 Å². The smallest absolute Gasteiger partial charge is 0.382 e. The van der Waals surface area contributed by atoms with E-state index in [4.69, 9.17) is 22.4 Å². The maximum atomic E-state index is 12.2. The highest BCUT2D eigenvalue weighted by Crippen LogP contribution is 2.31. The molecule has 0 amide bonds. The van der Waals surface area contributed by atoms with Crippen molar-refractivity contribution in [3.8, 4) is 0 Å². The molecule has 3 N–H and O–H groups in total. The highest BCUT2D eigenvalue weighted by molar-refractivity contribution is 9.10. The molecule has 0 aromatic heterocycles. The number of hydrogen-bond acceptors (Lipinski definition) is 2. The van der Waals surface area contributed by atoms with Crippen molar-refractivity contribution in [2.75, 3.05) is 0 Å². The third kappa shape index (κ3) is 4.30. The van der Waals surface area contributed by atoms with Crippen molar-refractivity contribution in [2.24, 2.45) is 5.73 Å². The molecular weight excluding hydrogens is 346 g/mol. The van der Waals surface area contributed by atoms with Crippen molar-refractivity contribution in [3.63, 3.8) is 0 Å². The molecule has 17 heavy (non-hydrogen) atoms. The quantitative estimate of drug-likeness (QED) is 0.854. The fourth-order valence-electron chi connectivity index (χ4n) is 1.11. The largest absolute Gasteiger partial charge is 0.416 e. The average Bonchev–Trinajstić information content (AvgIpc) is 2.18. The van der Waals surface area contributed by atoms with Gasteiger partial charge in [0, 0.05) is 4.47 Å². The first-order valence-corrected chi connectivity index (χ1v) is 5.36. The number of nitrogens with two attached hydrogens (primary N) is 1. The maximum Gasteiger partial charge on any atom is 0.416 e. The van der Waals surface area contributed by atoms with Gasteiger partial charge in [0.2, 0.25) is 0 Å². The highest BCUT2D eigenvalue weighted by atomic mass is 79.9. The first kappa shape index (κ1) is 17.0. The van der Waals surface area contributed by atoms with E-state index in [1.807, 2.05) is 0 Å². The second-order valence-corrected chi connectivity index (χ2v) is 4.45. The van der Waals surface area contributed by atoms with Crippen LogP contribution in [0.5, 0.6) is 0 Å². The Balaban J connectivity index is 0.00000256. The lowest BCUT2D eigenvalue weighted by Crippen LogP contribution is -2.38. The van der Waals surface area contributed by atoms with Gasteiger partial charge in [-0.15, -0.1) is 12.4 Å². The third-order valence-electron chi connectivity index (χ3n) is 2.00. The Bertz CT molecular complexity index is 389. The highest BCUT2D eigenvalue weighted by Gasteiger charge is 2.42. The van der Waals surface area contributed by atoms with Crippen molar-refractivity contribution >= 4 is 39.9 Å². The van der Waals surface area contributed by atoms with E-state index in [9.17, 15) is 13.2 Å². The number of halogens is 6. The second kappa shape index (κ2) is 6.24. The summed E-state index contributed by atoms with van der Waals surface area (Å²) < 4.78 is 37.0. The van der Waals surface area contributed by atoms with Crippen LogP contribution in [-0.4, -0.2) is 17.4 Å². The minimum Gasteiger partial charge on any atom is -0.382 e. The fraction of sp³-hybridized carbons (Fsp3) is 0.333. The van der Waals surface area contributed by atoms with Gasteiger partial charge in [-0.25, -0.2) is 0 Å².